The Kier molecular flexibility index (Phi) is 3.14. The summed E-state index contributed by atoms with van der Waals surface area (Å²) in [5.74, 6) is -2.17. The number of aliphatic hydroxyl groups is 2. The number of carbonyl (C=O) groups excluding carboxylic acids is 1. The van der Waals surface area contributed by atoms with Crippen LogP contribution in [0.1, 0.15) is 0 Å². The molecule has 0 heterocycles. The summed E-state index contributed by atoms with van der Waals surface area (Å²) in [6, 6.07) is 0. The molecule has 2 aliphatic carbocycles. The predicted octanol–water partition coefficient (Wildman–Crippen LogP) is 2.09. The zero-order valence-electron chi connectivity index (χ0n) is 8.98. The van der Waals surface area contributed by atoms with E-state index in [0.717, 1.165) is 0 Å². The minimum Gasteiger partial charge on any atom is -0.481 e. The van der Waals surface area contributed by atoms with Crippen molar-refractivity contribution in [3.63, 3.8) is 0 Å². The van der Waals surface area contributed by atoms with Crippen LogP contribution in [0.5, 0.6) is 0 Å². The first-order chi connectivity index (χ1) is 8.18. The van der Waals surface area contributed by atoms with Crippen molar-refractivity contribution >= 4 is 5.97 Å². The molecule has 0 aromatic rings. The highest BCUT2D eigenvalue weighted by atomic mass is 16.5. The third-order valence-corrected chi connectivity index (χ3v) is 2.50. The van der Waals surface area contributed by atoms with Crippen LogP contribution in [0.3, 0.4) is 0 Å². The predicted molar refractivity (Wildman–Crippen MR) is 62.2 cm³/mol. The van der Waals surface area contributed by atoms with Gasteiger partial charge in [0, 0.05) is 5.92 Å². The molecule has 17 heavy (non-hydrogen) atoms. The normalized spacial score (nSPS) is 17.9. The summed E-state index contributed by atoms with van der Waals surface area (Å²) >= 11 is 0. The van der Waals surface area contributed by atoms with Gasteiger partial charge < -0.3 is 14.9 Å². The average molecular weight is 232 g/mol. The molecule has 0 atom stereocenters. The van der Waals surface area contributed by atoms with Gasteiger partial charge >= 0.3 is 5.97 Å². The fourth-order valence-electron chi connectivity index (χ4n) is 1.68. The Balaban J connectivity index is 2.11. The van der Waals surface area contributed by atoms with Gasteiger partial charge in [-0.05, 0) is 12.2 Å². The summed E-state index contributed by atoms with van der Waals surface area (Å²) < 4.78 is 5.09. The zero-order valence-corrected chi connectivity index (χ0v) is 8.98. The average Bonchev–Trinajstić information content (AvgIpc) is 2.89. The molecule has 2 rings (SSSR count). The van der Waals surface area contributed by atoms with Gasteiger partial charge in [-0.3, -0.25) is 0 Å². The lowest BCUT2D eigenvalue weighted by molar-refractivity contribution is -0.141. The molecule has 0 radical (unpaired) electrons. The lowest BCUT2D eigenvalue weighted by Crippen LogP contribution is -2.19. The second-order valence-electron chi connectivity index (χ2n) is 3.67. The number of ether oxygens (including phenoxy) is 1. The standard InChI is InChI=1S/C13H12O4/c14-12(15)11(9-5-1-2-6-9)13(16)17-10-7-3-4-8-10/h1-10,14-15H. The van der Waals surface area contributed by atoms with Gasteiger partial charge in [0.05, 0.1) is 0 Å². The third kappa shape index (κ3) is 2.47. The molecule has 0 aromatic carbocycles. The quantitative estimate of drug-likeness (QED) is 0.444. The van der Waals surface area contributed by atoms with Crippen molar-refractivity contribution < 1.29 is 19.7 Å². The summed E-state index contributed by atoms with van der Waals surface area (Å²) in [5, 5.41) is 18.3. The lowest BCUT2D eigenvalue weighted by Gasteiger charge is -2.13. The van der Waals surface area contributed by atoms with Gasteiger partial charge in [-0.15, -0.1) is 0 Å². The number of allylic oxidation sites excluding steroid dienone is 6. The number of esters is 1. The van der Waals surface area contributed by atoms with Gasteiger partial charge in [0.2, 0.25) is 0 Å². The highest BCUT2D eigenvalue weighted by Crippen LogP contribution is 2.23. The maximum atomic E-state index is 11.8. The first-order valence-electron chi connectivity index (χ1n) is 5.21. The zero-order chi connectivity index (χ0) is 12.3. The van der Waals surface area contributed by atoms with Crippen molar-refractivity contribution in [3.05, 3.63) is 60.1 Å². The summed E-state index contributed by atoms with van der Waals surface area (Å²) in [7, 11) is 0. The fraction of sp³-hybridized carbons (Fsp3) is 0.154. The van der Waals surface area contributed by atoms with Crippen molar-refractivity contribution in [3.8, 4) is 0 Å². The van der Waals surface area contributed by atoms with Crippen molar-refractivity contribution in [1.82, 2.24) is 0 Å². The number of hydrogen-bond acceptors (Lipinski definition) is 4. The third-order valence-electron chi connectivity index (χ3n) is 2.50. The van der Waals surface area contributed by atoms with Gasteiger partial charge in [-0.2, -0.15) is 0 Å². The number of rotatable bonds is 3. The van der Waals surface area contributed by atoms with Gasteiger partial charge in [0.1, 0.15) is 11.7 Å². The second-order valence-corrected chi connectivity index (χ2v) is 3.67. The lowest BCUT2D eigenvalue weighted by atomic mass is 10.0. The van der Waals surface area contributed by atoms with Gasteiger partial charge in [-0.1, -0.05) is 36.5 Å². The number of carbonyl (C=O) groups is 1. The molecular formula is C13H12O4. The molecule has 4 heteroatoms. The Hall–Kier alpha value is -2.23. The topological polar surface area (TPSA) is 66.8 Å². The van der Waals surface area contributed by atoms with E-state index in [9.17, 15) is 4.79 Å². The Morgan fingerprint density at radius 1 is 0.941 bits per heavy atom. The van der Waals surface area contributed by atoms with Gasteiger partial charge in [0.15, 0.2) is 0 Å². The maximum Gasteiger partial charge on any atom is 0.343 e. The van der Waals surface area contributed by atoms with Crippen LogP contribution < -0.4 is 0 Å². The van der Waals surface area contributed by atoms with E-state index in [1.165, 1.54) is 0 Å². The summed E-state index contributed by atoms with van der Waals surface area (Å²) in [6.07, 6.45) is 13.3. The fourth-order valence-corrected chi connectivity index (χ4v) is 1.68. The van der Waals surface area contributed by atoms with Crippen LogP contribution in [0.25, 0.3) is 0 Å². The molecule has 0 aliphatic heterocycles. The Labute approximate surface area is 98.5 Å². The Morgan fingerprint density at radius 2 is 1.47 bits per heavy atom. The highest BCUT2D eigenvalue weighted by molar-refractivity contribution is 5.90. The van der Waals surface area contributed by atoms with E-state index in [0.29, 0.717) is 0 Å². The molecule has 0 amide bonds. The van der Waals surface area contributed by atoms with E-state index >= 15 is 0 Å². The van der Waals surface area contributed by atoms with Crippen molar-refractivity contribution in [2.45, 2.75) is 6.10 Å². The highest BCUT2D eigenvalue weighted by Gasteiger charge is 2.26. The van der Waals surface area contributed by atoms with E-state index in [4.69, 9.17) is 14.9 Å². The molecule has 0 bridgehead atoms. The van der Waals surface area contributed by atoms with Gasteiger partial charge in [-0.25, -0.2) is 4.79 Å². The van der Waals surface area contributed by atoms with E-state index in [2.05, 4.69) is 0 Å². The molecule has 4 nitrogen and oxygen atoms in total. The SMILES string of the molecule is O=C(OC1C=CC=C1)C(=C(O)O)C1C=CC=C1. The van der Waals surface area contributed by atoms with Crippen molar-refractivity contribution in [1.29, 1.82) is 0 Å². The molecule has 2 aliphatic rings. The minimum atomic E-state index is -0.998. The van der Waals surface area contributed by atoms with E-state index < -0.39 is 23.9 Å². The van der Waals surface area contributed by atoms with E-state index in [1.807, 2.05) is 0 Å². The molecule has 0 fully saturated rings. The van der Waals surface area contributed by atoms with Crippen LogP contribution in [0.15, 0.2) is 60.1 Å². The van der Waals surface area contributed by atoms with Crippen LogP contribution in [0, 0.1) is 5.92 Å². The summed E-state index contributed by atoms with van der Waals surface area (Å²) in [4.78, 5) is 11.8. The second kappa shape index (κ2) is 4.74. The van der Waals surface area contributed by atoms with Crippen molar-refractivity contribution in [2.24, 2.45) is 5.92 Å². The molecule has 0 saturated heterocycles. The van der Waals surface area contributed by atoms with Crippen LogP contribution in [-0.2, 0) is 9.53 Å². The monoisotopic (exact) mass is 232 g/mol. The molecule has 0 aromatic heterocycles. The Bertz CT molecular complexity index is 438. The van der Waals surface area contributed by atoms with Crippen LogP contribution >= 0.6 is 0 Å². The molecular weight excluding hydrogens is 220 g/mol. The summed E-state index contributed by atoms with van der Waals surface area (Å²) in [6.45, 7) is 0. The largest absolute Gasteiger partial charge is 0.481 e. The van der Waals surface area contributed by atoms with Crippen molar-refractivity contribution in [2.75, 3.05) is 0 Å². The summed E-state index contributed by atoms with van der Waals surface area (Å²) in [5.41, 5.74) is -0.149. The van der Waals surface area contributed by atoms with Crippen LogP contribution in [-0.4, -0.2) is 22.3 Å². The number of aliphatic hydroxyl groups excluding tert-OH is 1. The van der Waals surface area contributed by atoms with Crippen LogP contribution in [0.4, 0.5) is 0 Å². The number of hydrogen-bond donors (Lipinski definition) is 2. The van der Waals surface area contributed by atoms with E-state index in [-0.39, 0.29) is 5.57 Å². The molecule has 2 N–H and O–H groups in total. The maximum absolute atomic E-state index is 11.8. The minimum absolute atomic E-state index is 0.149. The molecule has 88 valence electrons. The molecule has 0 spiro atoms. The first-order valence-corrected chi connectivity index (χ1v) is 5.21. The first kappa shape index (κ1) is 11.3. The van der Waals surface area contributed by atoms with Crippen LogP contribution in [0.2, 0.25) is 0 Å². The van der Waals surface area contributed by atoms with E-state index in [1.54, 1.807) is 48.6 Å². The molecule has 0 saturated carbocycles. The molecule has 0 unspecified atom stereocenters. The van der Waals surface area contributed by atoms with Gasteiger partial charge in [0.25, 0.3) is 5.95 Å². The Morgan fingerprint density at radius 3 is 2.00 bits per heavy atom. The smallest absolute Gasteiger partial charge is 0.343 e.